The van der Waals surface area contributed by atoms with Gasteiger partial charge in [-0.05, 0) is 12.5 Å². The average molecular weight is 261 g/mol. The molecule has 18 heavy (non-hydrogen) atoms. The van der Waals surface area contributed by atoms with Crippen LogP contribution in [0.2, 0.25) is 0 Å². The molecule has 94 valence electrons. The number of hydrogen-bond donors (Lipinski definition) is 2. The Labute approximate surface area is 110 Å². The van der Waals surface area contributed by atoms with Crippen molar-refractivity contribution >= 4 is 22.4 Å². The van der Waals surface area contributed by atoms with Gasteiger partial charge in [-0.1, -0.05) is 41.7 Å². The van der Waals surface area contributed by atoms with Gasteiger partial charge in [-0.3, -0.25) is 4.79 Å². The second-order valence-electron chi connectivity index (χ2n) is 3.70. The van der Waals surface area contributed by atoms with Gasteiger partial charge in [0.2, 0.25) is 5.91 Å². The van der Waals surface area contributed by atoms with Crippen LogP contribution in [-0.4, -0.2) is 24.0 Å². The number of anilines is 1. The lowest BCUT2D eigenvalue weighted by atomic mass is 10.2. The van der Waals surface area contributed by atoms with Crippen LogP contribution in [0.3, 0.4) is 0 Å². The highest BCUT2D eigenvalue weighted by molar-refractivity contribution is 7.18. The number of nitrogens with zero attached hydrogens (tertiary/aromatic N) is 1. The summed E-state index contributed by atoms with van der Waals surface area (Å²) in [6.07, 6.45) is 1.82. The standard InChI is InChI=1S/C13H15N3OS/c1-2-14-12(17)9-16-13-15-8-11(18-13)10-6-4-3-5-7-10/h3-8H,2,9H2,1H3,(H,14,17)(H,15,16). The first kappa shape index (κ1) is 12.6. The fraction of sp³-hybridized carbons (Fsp3) is 0.231. The van der Waals surface area contributed by atoms with E-state index < -0.39 is 0 Å². The Bertz CT molecular complexity index is 510. The van der Waals surface area contributed by atoms with Gasteiger partial charge in [-0.2, -0.15) is 0 Å². The summed E-state index contributed by atoms with van der Waals surface area (Å²) in [5.41, 5.74) is 1.14. The van der Waals surface area contributed by atoms with Crippen LogP contribution in [0.4, 0.5) is 5.13 Å². The molecule has 1 heterocycles. The summed E-state index contributed by atoms with van der Waals surface area (Å²) in [5.74, 6) is -0.0195. The zero-order valence-electron chi connectivity index (χ0n) is 10.1. The molecule has 0 fully saturated rings. The SMILES string of the molecule is CCNC(=O)CNc1ncc(-c2ccccc2)s1. The molecule has 5 heteroatoms. The van der Waals surface area contributed by atoms with Crippen LogP contribution in [-0.2, 0) is 4.79 Å². The van der Waals surface area contributed by atoms with Crippen molar-refractivity contribution in [1.82, 2.24) is 10.3 Å². The average Bonchev–Trinajstić information content (AvgIpc) is 2.87. The third kappa shape index (κ3) is 3.30. The number of aromatic nitrogens is 1. The van der Waals surface area contributed by atoms with Crippen molar-refractivity contribution in [2.45, 2.75) is 6.92 Å². The fourth-order valence-corrected chi connectivity index (χ4v) is 2.32. The number of amides is 1. The van der Waals surface area contributed by atoms with Gasteiger partial charge >= 0.3 is 0 Å². The molecule has 0 aliphatic carbocycles. The van der Waals surface area contributed by atoms with Crippen LogP contribution in [0.5, 0.6) is 0 Å². The summed E-state index contributed by atoms with van der Waals surface area (Å²) in [6, 6.07) is 10.1. The lowest BCUT2D eigenvalue weighted by Crippen LogP contribution is -2.29. The van der Waals surface area contributed by atoms with Crippen molar-refractivity contribution in [1.29, 1.82) is 0 Å². The molecule has 2 rings (SSSR count). The molecule has 0 atom stereocenters. The van der Waals surface area contributed by atoms with E-state index in [0.717, 1.165) is 15.6 Å². The molecule has 1 aromatic heterocycles. The van der Waals surface area contributed by atoms with Gasteiger partial charge in [-0.25, -0.2) is 4.98 Å². The maximum Gasteiger partial charge on any atom is 0.239 e. The Morgan fingerprint density at radius 3 is 2.83 bits per heavy atom. The fourth-order valence-electron chi connectivity index (χ4n) is 1.51. The Kier molecular flexibility index (Phi) is 4.30. The van der Waals surface area contributed by atoms with Crippen molar-refractivity contribution < 1.29 is 4.79 Å². The summed E-state index contributed by atoms with van der Waals surface area (Å²) >= 11 is 1.54. The largest absolute Gasteiger partial charge is 0.355 e. The van der Waals surface area contributed by atoms with Crippen LogP contribution < -0.4 is 10.6 Å². The molecule has 0 bridgehead atoms. The second-order valence-corrected chi connectivity index (χ2v) is 4.73. The number of hydrogen-bond acceptors (Lipinski definition) is 4. The first-order valence-electron chi connectivity index (χ1n) is 5.81. The maximum absolute atomic E-state index is 11.3. The summed E-state index contributed by atoms with van der Waals surface area (Å²) < 4.78 is 0. The quantitative estimate of drug-likeness (QED) is 0.868. The van der Waals surface area contributed by atoms with E-state index in [1.807, 2.05) is 43.5 Å². The molecule has 2 aromatic rings. The Morgan fingerprint density at radius 2 is 2.11 bits per heavy atom. The summed E-state index contributed by atoms with van der Waals surface area (Å²) in [6.45, 7) is 2.80. The van der Waals surface area contributed by atoms with Crippen molar-refractivity contribution in [3.8, 4) is 10.4 Å². The summed E-state index contributed by atoms with van der Waals surface area (Å²) in [4.78, 5) is 16.6. The first-order chi connectivity index (χ1) is 8.79. The van der Waals surface area contributed by atoms with Gasteiger partial charge in [0.15, 0.2) is 5.13 Å². The van der Waals surface area contributed by atoms with Gasteiger partial charge in [0.1, 0.15) is 0 Å². The number of carbonyl (C=O) groups excluding carboxylic acids is 1. The van der Waals surface area contributed by atoms with Crippen LogP contribution >= 0.6 is 11.3 Å². The molecule has 0 aliphatic heterocycles. The number of nitrogens with one attached hydrogen (secondary N) is 2. The normalized spacial score (nSPS) is 10.1. The van der Waals surface area contributed by atoms with Crippen LogP contribution in [0.15, 0.2) is 36.5 Å². The van der Waals surface area contributed by atoms with Gasteiger partial charge in [0.05, 0.1) is 11.4 Å². The molecule has 0 radical (unpaired) electrons. The smallest absolute Gasteiger partial charge is 0.239 e. The number of thiazole rings is 1. The molecular weight excluding hydrogens is 246 g/mol. The minimum absolute atomic E-state index is 0.0195. The van der Waals surface area contributed by atoms with Crippen LogP contribution in [0.25, 0.3) is 10.4 Å². The van der Waals surface area contributed by atoms with Gasteiger partial charge in [0.25, 0.3) is 0 Å². The van der Waals surface area contributed by atoms with Crippen molar-refractivity contribution in [3.63, 3.8) is 0 Å². The monoisotopic (exact) mass is 261 g/mol. The minimum Gasteiger partial charge on any atom is -0.355 e. The molecule has 0 aliphatic rings. The van der Waals surface area contributed by atoms with Crippen molar-refractivity contribution in [3.05, 3.63) is 36.5 Å². The molecule has 0 spiro atoms. The predicted octanol–water partition coefficient (Wildman–Crippen LogP) is 2.36. The minimum atomic E-state index is -0.0195. The molecular formula is C13H15N3OS. The molecule has 2 N–H and O–H groups in total. The van der Waals surface area contributed by atoms with E-state index in [1.165, 1.54) is 0 Å². The number of carbonyl (C=O) groups is 1. The van der Waals surface area contributed by atoms with E-state index in [9.17, 15) is 4.79 Å². The van der Waals surface area contributed by atoms with E-state index >= 15 is 0 Å². The highest BCUT2D eigenvalue weighted by atomic mass is 32.1. The first-order valence-corrected chi connectivity index (χ1v) is 6.63. The molecule has 1 aromatic carbocycles. The van der Waals surface area contributed by atoms with Gasteiger partial charge < -0.3 is 10.6 Å². The molecule has 0 saturated heterocycles. The van der Waals surface area contributed by atoms with Crippen LogP contribution in [0, 0.1) is 0 Å². The third-order valence-corrected chi connectivity index (χ3v) is 3.34. The lowest BCUT2D eigenvalue weighted by Gasteiger charge is -2.02. The van der Waals surface area contributed by atoms with E-state index in [4.69, 9.17) is 0 Å². The highest BCUT2D eigenvalue weighted by Gasteiger charge is 2.05. The van der Waals surface area contributed by atoms with Crippen molar-refractivity contribution in [2.24, 2.45) is 0 Å². The Morgan fingerprint density at radius 1 is 1.33 bits per heavy atom. The zero-order chi connectivity index (χ0) is 12.8. The lowest BCUT2D eigenvalue weighted by molar-refractivity contribution is -0.119. The second kappa shape index (κ2) is 6.16. The van der Waals surface area contributed by atoms with Gasteiger partial charge in [-0.15, -0.1) is 0 Å². The van der Waals surface area contributed by atoms with Gasteiger partial charge in [0, 0.05) is 12.7 Å². The molecule has 0 saturated carbocycles. The van der Waals surface area contributed by atoms with E-state index in [0.29, 0.717) is 6.54 Å². The Hall–Kier alpha value is -1.88. The topological polar surface area (TPSA) is 54.0 Å². The summed E-state index contributed by atoms with van der Waals surface area (Å²) in [7, 11) is 0. The number of likely N-dealkylation sites (N-methyl/N-ethyl adjacent to an activating group) is 1. The third-order valence-electron chi connectivity index (χ3n) is 2.34. The summed E-state index contributed by atoms with van der Waals surface area (Å²) in [5, 5.41) is 6.51. The van der Waals surface area contributed by atoms with Crippen molar-refractivity contribution in [2.75, 3.05) is 18.4 Å². The van der Waals surface area contributed by atoms with E-state index in [-0.39, 0.29) is 12.5 Å². The molecule has 4 nitrogen and oxygen atoms in total. The number of benzene rings is 1. The highest BCUT2D eigenvalue weighted by Crippen LogP contribution is 2.28. The zero-order valence-corrected chi connectivity index (χ0v) is 11.0. The number of rotatable bonds is 5. The molecule has 1 amide bonds. The maximum atomic E-state index is 11.3. The Balaban J connectivity index is 1.97. The van der Waals surface area contributed by atoms with Crippen LogP contribution in [0.1, 0.15) is 6.92 Å². The van der Waals surface area contributed by atoms with E-state index in [2.05, 4.69) is 15.6 Å². The van der Waals surface area contributed by atoms with E-state index in [1.54, 1.807) is 11.3 Å². The molecule has 0 unspecified atom stereocenters. The predicted molar refractivity (Wildman–Crippen MR) is 74.7 cm³/mol.